The Morgan fingerprint density at radius 1 is 1.15 bits per heavy atom. The predicted molar refractivity (Wildman–Crippen MR) is 110 cm³/mol. The van der Waals surface area contributed by atoms with E-state index >= 15 is 0 Å². The maximum atomic E-state index is 5.59. The molecule has 0 aromatic heterocycles. The lowest BCUT2D eigenvalue weighted by Crippen LogP contribution is -2.28. The lowest BCUT2D eigenvalue weighted by atomic mass is 9.82. The molecule has 3 nitrogen and oxygen atoms in total. The normalized spacial score (nSPS) is 18.9. The molecule has 0 radical (unpaired) electrons. The molecule has 0 fully saturated rings. The van der Waals surface area contributed by atoms with Crippen LogP contribution >= 0.6 is 0 Å². The summed E-state index contributed by atoms with van der Waals surface area (Å²) < 4.78 is 11.1. The third-order valence-corrected chi connectivity index (χ3v) is 6.17. The van der Waals surface area contributed by atoms with E-state index < -0.39 is 0 Å². The topological polar surface area (TPSA) is 21.7 Å². The number of rotatable bonds is 6. The number of nitrogens with zero attached hydrogens (tertiary/aromatic N) is 1. The van der Waals surface area contributed by atoms with Crippen molar-refractivity contribution >= 4 is 0 Å². The molecule has 2 aromatic rings. The van der Waals surface area contributed by atoms with Crippen molar-refractivity contribution in [2.24, 2.45) is 0 Å². The predicted octanol–water partition coefficient (Wildman–Crippen LogP) is 4.36. The zero-order valence-electron chi connectivity index (χ0n) is 16.7. The van der Waals surface area contributed by atoms with Gasteiger partial charge in [0, 0.05) is 13.1 Å². The molecule has 1 aliphatic carbocycles. The van der Waals surface area contributed by atoms with Crippen LogP contribution < -0.4 is 4.74 Å². The van der Waals surface area contributed by atoms with Gasteiger partial charge in [-0.15, -0.1) is 0 Å². The second kappa shape index (κ2) is 8.45. The summed E-state index contributed by atoms with van der Waals surface area (Å²) >= 11 is 0. The lowest BCUT2D eigenvalue weighted by molar-refractivity contribution is 0.110. The van der Waals surface area contributed by atoms with Crippen molar-refractivity contribution in [2.45, 2.75) is 44.6 Å². The first kappa shape index (κ1) is 18.5. The SMILES string of the molecule is COc1cccc2c1CCCC2CN(C)CCc1ccc2c(c1)CCOC2. The van der Waals surface area contributed by atoms with Gasteiger partial charge in [-0.3, -0.25) is 0 Å². The molecule has 0 spiro atoms. The molecule has 3 heteroatoms. The molecule has 0 saturated carbocycles. The first-order chi connectivity index (χ1) is 13.2. The number of ether oxygens (including phenoxy) is 2. The monoisotopic (exact) mass is 365 g/mol. The number of likely N-dealkylation sites (N-methyl/N-ethyl adjacent to an activating group) is 1. The fraction of sp³-hybridized carbons (Fsp3) is 0.500. The van der Waals surface area contributed by atoms with E-state index in [2.05, 4.69) is 48.3 Å². The van der Waals surface area contributed by atoms with Gasteiger partial charge in [-0.2, -0.15) is 0 Å². The highest BCUT2D eigenvalue weighted by atomic mass is 16.5. The molecule has 0 bridgehead atoms. The van der Waals surface area contributed by atoms with Gasteiger partial charge in [-0.1, -0.05) is 30.3 Å². The van der Waals surface area contributed by atoms with Gasteiger partial charge in [-0.25, -0.2) is 0 Å². The van der Waals surface area contributed by atoms with Gasteiger partial charge in [0.15, 0.2) is 0 Å². The Labute approximate surface area is 163 Å². The highest BCUT2D eigenvalue weighted by Gasteiger charge is 2.23. The van der Waals surface area contributed by atoms with Crippen LogP contribution in [0.2, 0.25) is 0 Å². The lowest BCUT2D eigenvalue weighted by Gasteiger charge is -2.30. The maximum absolute atomic E-state index is 5.59. The van der Waals surface area contributed by atoms with Gasteiger partial charge in [0.05, 0.1) is 20.3 Å². The molecule has 1 unspecified atom stereocenters. The number of hydrogen-bond donors (Lipinski definition) is 0. The Balaban J connectivity index is 1.37. The van der Waals surface area contributed by atoms with Crippen LogP contribution in [0.4, 0.5) is 0 Å². The van der Waals surface area contributed by atoms with Crippen molar-refractivity contribution in [2.75, 3.05) is 33.9 Å². The van der Waals surface area contributed by atoms with Crippen LogP contribution in [0.5, 0.6) is 5.75 Å². The zero-order chi connectivity index (χ0) is 18.6. The third-order valence-electron chi connectivity index (χ3n) is 6.17. The van der Waals surface area contributed by atoms with E-state index in [0.29, 0.717) is 5.92 Å². The van der Waals surface area contributed by atoms with Crippen molar-refractivity contribution in [3.8, 4) is 5.75 Å². The second-order valence-corrected chi connectivity index (χ2v) is 8.04. The number of hydrogen-bond acceptors (Lipinski definition) is 3. The molecular formula is C24H31NO2. The highest BCUT2D eigenvalue weighted by Crippen LogP contribution is 2.36. The van der Waals surface area contributed by atoms with E-state index in [0.717, 1.165) is 51.3 Å². The van der Waals surface area contributed by atoms with Gasteiger partial charge < -0.3 is 14.4 Å². The minimum Gasteiger partial charge on any atom is -0.496 e. The molecule has 27 heavy (non-hydrogen) atoms. The number of fused-ring (bicyclic) bond motifs is 2. The zero-order valence-corrected chi connectivity index (χ0v) is 16.7. The van der Waals surface area contributed by atoms with E-state index in [1.165, 1.54) is 40.7 Å². The Morgan fingerprint density at radius 2 is 2.07 bits per heavy atom. The molecule has 1 aliphatic heterocycles. The van der Waals surface area contributed by atoms with Crippen molar-refractivity contribution in [3.63, 3.8) is 0 Å². The molecule has 0 saturated heterocycles. The van der Waals surface area contributed by atoms with Crippen LogP contribution in [0.3, 0.4) is 0 Å². The summed E-state index contributed by atoms with van der Waals surface area (Å²) in [6.07, 6.45) is 5.86. The van der Waals surface area contributed by atoms with E-state index in [9.17, 15) is 0 Å². The van der Waals surface area contributed by atoms with Gasteiger partial charge in [-0.05, 0) is 79.0 Å². The Morgan fingerprint density at radius 3 is 2.96 bits per heavy atom. The Hall–Kier alpha value is -1.84. The van der Waals surface area contributed by atoms with E-state index in [1.54, 1.807) is 7.11 Å². The van der Waals surface area contributed by atoms with Crippen LogP contribution in [-0.2, 0) is 30.6 Å². The van der Waals surface area contributed by atoms with Gasteiger partial charge in [0.2, 0.25) is 0 Å². The van der Waals surface area contributed by atoms with E-state index in [-0.39, 0.29) is 0 Å². The fourth-order valence-corrected chi connectivity index (χ4v) is 4.65. The summed E-state index contributed by atoms with van der Waals surface area (Å²) in [6, 6.07) is 13.5. The molecule has 2 aliphatic rings. The largest absolute Gasteiger partial charge is 0.496 e. The first-order valence-corrected chi connectivity index (χ1v) is 10.3. The van der Waals surface area contributed by atoms with Crippen molar-refractivity contribution in [1.29, 1.82) is 0 Å². The molecule has 2 aromatic carbocycles. The van der Waals surface area contributed by atoms with Gasteiger partial charge in [0.25, 0.3) is 0 Å². The minimum absolute atomic E-state index is 0.620. The molecular weight excluding hydrogens is 334 g/mol. The first-order valence-electron chi connectivity index (χ1n) is 10.3. The van der Waals surface area contributed by atoms with Crippen LogP contribution in [0.25, 0.3) is 0 Å². The summed E-state index contributed by atoms with van der Waals surface area (Å²) in [6.45, 7) is 3.87. The minimum atomic E-state index is 0.620. The Bertz CT molecular complexity index is 786. The van der Waals surface area contributed by atoms with Crippen molar-refractivity contribution < 1.29 is 9.47 Å². The average Bonchev–Trinajstić information content (AvgIpc) is 2.72. The third kappa shape index (κ3) is 4.20. The number of methoxy groups -OCH3 is 1. The highest BCUT2D eigenvalue weighted by molar-refractivity contribution is 5.43. The van der Waals surface area contributed by atoms with Gasteiger partial charge in [0.1, 0.15) is 5.75 Å². The van der Waals surface area contributed by atoms with E-state index in [4.69, 9.17) is 9.47 Å². The maximum Gasteiger partial charge on any atom is 0.122 e. The second-order valence-electron chi connectivity index (χ2n) is 8.04. The van der Waals surface area contributed by atoms with Crippen LogP contribution in [-0.4, -0.2) is 38.8 Å². The Kier molecular flexibility index (Phi) is 5.80. The summed E-state index contributed by atoms with van der Waals surface area (Å²) in [5, 5.41) is 0. The molecule has 1 heterocycles. The molecule has 0 amide bonds. The smallest absolute Gasteiger partial charge is 0.122 e. The van der Waals surface area contributed by atoms with Crippen LogP contribution in [0.15, 0.2) is 36.4 Å². The van der Waals surface area contributed by atoms with Crippen molar-refractivity contribution in [1.82, 2.24) is 4.90 Å². The molecule has 4 rings (SSSR count). The summed E-state index contributed by atoms with van der Waals surface area (Å²) in [5.74, 6) is 1.69. The quantitative estimate of drug-likeness (QED) is 0.759. The number of benzene rings is 2. The summed E-state index contributed by atoms with van der Waals surface area (Å²) in [7, 11) is 4.05. The fourth-order valence-electron chi connectivity index (χ4n) is 4.65. The van der Waals surface area contributed by atoms with Gasteiger partial charge >= 0.3 is 0 Å². The molecule has 144 valence electrons. The van der Waals surface area contributed by atoms with E-state index in [1.807, 2.05) is 0 Å². The van der Waals surface area contributed by atoms with Crippen LogP contribution in [0.1, 0.15) is 46.6 Å². The summed E-state index contributed by atoms with van der Waals surface area (Å²) in [4.78, 5) is 2.50. The standard InChI is InChI=1S/C24H31NO2/c1-25(13-11-18-9-10-21-17-27-14-12-19(21)15-18)16-20-5-3-7-23-22(20)6-4-8-24(23)26-2/h4,6,8-10,15,20H,3,5,7,11-14,16-17H2,1-2H3. The average molecular weight is 366 g/mol. The molecule has 1 atom stereocenters. The molecule has 0 N–H and O–H groups in total. The van der Waals surface area contributed by atoms with Crippen LogP contribution in [0, 0.1) is 0 Å². The van der Waals surface area contributed by atoms with Crippen molar-refractivity contribution in [3.05, 3.63) is 64.2 Å². The summed E-state index contributed by atoms with van der Waals surface area (Å²) in [5.41, 5.74) is 7.23.